The first-order chi connectivity index (χ1) is 8.49. The van der Waals surface area contributed by atoms with Gasteiger partial charge in [-0.1, -0.05) is 27.5 Å². The highest BCUT2D eigenvalue weighted by molar-refractivity contribution is 9.10. The summed E-state index contributed by atoms with van der Waals surface area (Å²) in [6.45, 7) is 5.12. The molecule has 1 aromatic carbocycles. The van der Waals surface area contributed by atoms with Crippen LogP contribution in [-0.4, -0.2) is 36.1 Å². The van der Waals surface area contributed by atoms with E-state index >= 15 is 0 Å². The second-order valence-electron chi connectivity index (χ2n) is 4.57. The summed E-state index contributed by atoms with van der Waals surface area (Å²) in [4.78, 5) is 14.3. The second kappa shape index (κ2) is 5.59. The van der Waals surface area contributed by atoms with E-state index in [1.807, 2.05) is 24.8 Å². The van der Waals surface area contributed by atoms with Gasteiger partial charge >= 0.3 is 0 Å². The lowest BCUT2D eigenvalue weighted by atomic mass is 10.1. The van der Waals surface area contributed by atoms with Crippen LogP contribution in [0.1, 0.15) is 24.2 Å². The molecule has 1 aliphatic rings. The Morgan fingerprint density at radius 2 is 2.22 bits per heavy atom. The third kappa shape index (κ3) is 2.87. The van der Waals surface area contributed by atoms with Crippen LogP contribution in [0.3, 0.4) is 0 Å². The monoisotopic (exact) mass is 331 g/mol. The minimum atomic E-state index is -0.0380. The summed E-state index contributed by atoms with van der Waals surface area (Å²) in [5.41, 5.74) is 0.534. The molecule has 3 nitrogen and oxygen atoms in total. The third-order valence-electron chi connectivity index (χ3n) is 3.03. The number of hydrogen-bond acceptors (Lipinski definition) is 2. The van der Waals surface area contributed by atoms with Crippen molar-refractivity contribution in [1.82, 2.24) is 4.90 Å². The highest BCUT2D eigenvalue weighted by Crippen LogP contribution is 2.24. The number of ether oxygens (including phenoxy) is 1. The fourth-order valence-corrected chi connectivity index (χ4v) is 2.56. The lowest BCUT2D eigenvalue weighted by molar-refractivity contribution is -0.0387. The number of benzene rings is 1. The number of rotatable bonds is 1. The van der Waals surface area contributed by atoms with Gasteiger partial charge in [0.1, 0.15) is 0 Å². The SMILES string of the molecule is CC1CN(C(=O)c2cc(Br)ccc2Cl)C(C)CO1. The summed E-state index contributed by atoms with van der Waals surface area (Å²) in [5.74, 6) is -0.0380. The normalized spacial score (nSPS) is 24.1. The largest absolute Gasteiger partial charge is 0.375 e. The first-order valence-electron chi connectivity index (χ1n) is 5.86. The van der Waals surface area contributed by atoms with Gasteiger partial charge in [0.2, 0.25) is 0 Å². The van der Waals surface area contributed by atoms with E-state index in [0.29, 0.717) is 23.7 Å². The zero-order valence-corrected chi connectivity index (χ0v) is 12.7. The zero-order chi connectivity index (χ0) is 13.3. The van der Waals surface area contributed by atoms with Gasteiger partial charge in [-0.2, -0.15) is 0 Å². The maximum atomic E-state index is 12.5. The number of carbonyl (C=O) groups is 1. The number of halogens is 2. The van der Waals surface area contributed by atoms with E-state index in [1.54, 1.807) is 12.1 Å². The maximum absolute atomic E-state index is 12.5. The van der Waals surface area contributed by atoms with E-state index in [0.717, 1.165) is 4.47 Å². The molecule has 0 radical (unpaired) electrons. The molecule has 0 N–H and O–H groups in total. The van der Waals surface area contributed by atoms with Gasteiger partial charge < -0.3 is 9.64 Å². The summed E-state index contributed by atoms with van der Waals surface area (Å²) >= 11 is 9.46. The third-order valence-corrected chi connectivity index (χ3v) is 3.85. The van der Waals surface area contributed by atoms with Crippen LogP contribution in [0.5, 0.6) is 0 Å². The molecule has 0 bridgehead atoms. The molecule has 0 aromatic heterocycles. The van der Waals surface area contributed by atoms with Crippen LogP contribution >= 0.6 is 27.5 Å². The van der Waals surface area contributed by atoms with Crippen molar-refractivity contribution in [2.75, 3.05) is 13.2 Å². The Kier molecular flexibility index (Phi) is 4.30. The Labute approximate surface area is 120 Å². The Balaban J connectivity index is 2.27. The van der Waals surface area contributed by atoms with Gasteiger partial charge in [0, 0.05) is 11.0 Å². The standard InChI is InChI=1S/C13H15BrClNO2/c1-8-7-18-9(2)6-16(8)13(17)11-5-10(14)3-4-12(11)15/h3-5,8-9H,6-7H2,1-2H3. The molecule has 2 atom stereocenters. The van der Waals surface area contributed by atoms with Crippen molar-refractivity contribution in [3.63, 3.8) is 0 Å². The summed E-state index contributed by atoms with van der Waals surface area (Å²) < 4.78 is 6.38. The predicted octanol–water partition coefficient (Wildman–Crippen LogP) is 3.35. The molecule has 1 aliphatic heterocycles. The Morgan fingerprint density at radius 1 is 1.50 bits per heavy atom. The number of nitrogens with zero attached hydrogens (tertiary/aromatic N) is 1. The molecule has 2 unspecified atom stereocenters. The van der Waals surface area contributed by atoms with Gasteiger partial charge in [0.25, 0.3) is 5.91 Å². The molecule has 1 amide bonds. The minimum absolute atomic E-state index is 0.0380. The highest BCUT2D eigenvalue weighted by Gasteiger charge is 2.29. The van der Waals surface area contributed by atoms with Gasteiger partial charge in [0.05, 0.1) is 29.3 Å². The fraction of sp³-hybridized carbons (Fsp3) is 0.462. The van der Waals surface area contributed by atoms with E-state index in [9.17, 15) is 4.79 Å². The van der Waals surface area contributed by atoms with Gasteiger partial charge in [-0.3, -0.25) is 4.79 Å². The Hall–Kier alpha value is -0.580. The van der Waals surface area contributed by atoms with Crippen LogP contribution in [-0.2, 0) is 4.74 Å². The average molecular weight is 333 g/mol. The smallest absolute Gasteiger partial charge is 0.255 e. The van der Waals surface area contributed by atoms with Crippen LogP contribution in [0, 0.1) is 0 Å². The van der Waals surface area contributed by atoms with Crippen molar-refractivity contribution in [3.8, 4) is 0 Å². The van der Waals surface area contributed by atoms with Crippen molar-refractivity contribution in [2.45, 2.75) is 26.0 Å². The molecule has 98 valence electrons. The molecule has 1 heterocycles. The predicted molar refractivity (Wildman–Crippen MR) is 75.1 cm³/mol. The molecule has 0 saturated carbocycles. The molecule has 2 rings (SSSR count). The van der Waals surface area contributed by atoms with Crippen LogP contribution in [0.4, 0.5) is 0 Å². The van der Waals surface area contributed by atoms with Gasteiger partial charge in [-0.25, -0.2) is 0 Å². The van der Waals surface area contributed by atoms with Crippen molar-refractivity contribution in [2.24, 2.45) is 0 Å². The van der Waals surface area contributed by atoms with Gasteiger partial charge in [-0.15, -0.1) is 0 Å². The molecule has 5 heteroatoms. The summed E-state index contributed by atoms with van der Waals surface area (Å²) in [5, 5.41) is 0.481. The topological polar surface area (TPSA) is 29.5 Å². The Bertz CT molecular complexity index is 466. The first-order valence-corrected chi connectivity index (χ1v) is 7.03. The van der Waals surface area contributed by atoms with Crippen LogP contribution < -0.4 is 0 Å². The summed E-state index contributed by atoms with van der Waals surface area (Å²) in [7, 11) is 0. The quantitative estimate of drug-likeness (QED) is 0.789. The first kappa shape index (κ1) is 13.8. The summed E-state index contributed by atoms with van der Waals surface area (Å²) in [6.07, 6.45) is 0.0658. The Morgan fingerprint density at radius 3 is 2.94 bits per heavy atom. The fourth-order valence-electron chi connectivity index (χ4n) is 2.00. The summed E-state index contributed by atoms with van der Waals surface area (Å²) in [6, 6.07) is 5.39. The lowest BCUT2D eigenvalue weighted by Crippen LogP contribution is -2.50. The minimum Gasteiger partial charge on any atom is -0.375 e. The van der Waals surface area contributed by atoms with Crippen molar-refractivity contribution in [3.05, 3.63) is 33.3 Å². The molecule has 1 saturated heterocycles. The maximum Gasteiger partial charge on any atom is 0.255 e. The lowest BCUT2D eigenvalue weighted by Gasteiger charge is -2.37. The van der Waals surface area contributed by atoms with E-state index < -0.39 is 0 Å². The van der Waals surface area contributed by atoms with E-state index in [1.165, 1.54) is 0 Å². The molecule has 0 spiro atoms. The number of hydrogen-bond donors (Lipinski definition) is 0. The van der Waals surface area contributed by atoms with Gasteiger partial charge in [0.15, 0.2) is 0 Å². The van der Waals surface area contributed by atoms with E-state index in [2.05, 4.69) is 15.9 Å². The molecule has 0 aliphatic carbocycles. The van der Waals surface area contributed by atoms with Crippen LogP contribution in [0.2, 0.25) is 5.02 Å². The molecule has 1 aromatic rings. The highest BCUT2D eigenvalue weighted by atomic mass is 79.9. The van der Waals surface area contributed by atoms with Crippen molar-refractivity contribution < 1.29 is 9.53 Å². The number of carbonyl (C=O) groups excluding carboxylic acids is 1. The molecule has 18 heavy (non-hydrogen) atoms. The number of morpholine rings is 1. The van der Waals surface area contributed by atoms with E-state index in [4.69, 9.17) is 16.3 Å². The van der Waals surface area contributed by atoms with Crippen LogP contribution in [0.25, 0.3) is 0 Å². The molecular formula is C13H15BrClNO2. The van der Waals surface area contributed by atoms with Crippen molar-refractivity contribution >= 4 is 33.4 Å². The number of amides is 1. The van der Waals surface area contributed by atoms with E-state index in [-0.39, 0.29) is 18.1 Å². The molecule has 1 fully saturated rings. The average Bonchev–Trinajstić information content (AvgIpc) is 2.34. The van der Waals surface area contributed by atoms with Crippen molar-refractivity contribution in [1.29, 1.82) is 0 Å². The molecular weight excluding hydrogens is 318 g/mol. The second-order valence-corrected chi connectivity index (χ2v) is 5.90. The zero-order valence-electron chi connectivity index (χ0n) is 10.3. The van der Waals surface area contributed by atoms with Gasteiger partial charge in [-0.05, 0) is 32.0 Å². The van der Waals surface area contributed by atoms with Crippen LogP contribution in [0.15, 0.2) is 22.7 Å².